The van der Waals surface area contributed by atoms with E-state index in [1.807, 2.05) is 0 Å². The van der Waals surface area contributed by atoms with Crippen LogP contribution in [0.5, 0.6) is 0 Å². The molecule has 0 N–H and O–H groups in total. The topological polar surface area (TPSA) is 39.4 Å². The molecule has 0 fully saturated rings. The van der Waals surface area contributed by atoms with Crippen LogP contribution in [0.2, 0.25) is 0 Å². The molecule has 7 aromatic rings. The van der Waals surface area contributed by atoms with E-state index in [1.54, 1.807) is 5.46 Å². The third-order valence-electron chi connectivity index (χ3n) is 10.0. The third kappa shape index (κ3) is 9.89. The van der Waals surface area contributed by atoms with Gasteiger partial charge in [-0.1, -0.05) is 140 Å². The molecule has 0 aliphatic carbocycles. The molecule has 0 saturated carbocycles. The number of nitroso groups, excluding NO2 is 1. The summed E-state index contributed by atoms with van der Waals surface area (Å²) in [5, 5.41) is 9.01. The van der Waals surface area contributed by atoms with Crippen molar-refractivity contribution >= 4 is 67.2 Å². The van der Waals surface area contributed by atoms with Crippen molar-refractivity contribution in [3.8, 4) is 0 Å². The first-order valence-electron chi connectivity index (χ1n) is 17.6. The molecule has 0 atom stereocenters. The fraction of sp³-hybridized carbons (Fsp3) is 0.0667. The van der Waals surface area contributed by atoms with Gasteiger partial charge in [-0.2, -0.15) is 5.46 Å². The van der Waals surface area contributed by atoms with E-state index in [-0.39, 0.29) is 16.5 Å². The Kier molecular flexibility index (Phi) is 15.3. The summed E-state index contributed by atoms with van der Waals surface area (Å²) in [5.74, 6) is 0. The zero-order chi connectivity index (χ0) is 35.1. The Hall–Kier alpha value is -4.01. The third-order valence-corrected chi connectivity index (χ3v) is 19.8. The van der Waals surface area contributed by atoms with E-state index in [4.69, 9.17) is 10.5 Å². The zero-order valence-electron chi connectivity index (χ0n) is 29.1. The maximum atomic E-state index is 7.25. The molecule has 1 radical (unpaired) electrons. The van der Waals surface area contributed by atoms with E-state index >= 15 is 0 Å². The van der Waals surface area contributed by atoms with Gasteiger partial charge in [0, 0.05) is 40.3 Å². The predicted octanol–water partition coefficient (Wildman–Crippen LogP) is 7.11. The summed E-state index contributed by atoms with van der Waals surface area (Å²) >= 11 is 0. The summed E-state index contributed by atoms with van der Waals surface area (Å²) in [6.07, 6.45) is -1.09. The first-order chi connectivity index (χ1) is 25.3. The van der Waals surface area contributed by atoms with Crippen LogP contribution in [0.15, 0.2) is 212 Å². The fourth-order valence-electron chi connectivity index (χ4n) is 7.65. The normalized spacial score (nSPS) is 11.1. The van der Waals surface area contributed by atoms with Gasteiger partial charge in [-0.05, 0) is 91.0 Å². The maximum absolute atomic E-state index is 7.25. The van der Waals surface area contributed by atoms with Crippen LogP contribution >= 0.6 is 23.8 Å². The molecule has 0 aliphatic rings. The Morgan fingerprint density at radius 3 is 0.673 bits per heavy atom. The molecular formula is C45H44BNNiOP3+2. The van der Waals surface area contributed by atoms with Crippen LogP contribution in [0.4, 0.5) is 0 Å². The number of nitrogens with zero attached hydrogens (tertiary/aromatic N) is 1. The van der Waals surface area contributed by atoms with Crippen molar-refractivity contribution in [1.82, 2.24) is 5.59 Å². The molecule has 52 heavy (non-hydrogen) atoms. The molecule has 0 unspecified atom stereocenters. The fourth-order valence-corrected chi connectivity index (χ4v) is 18.4. The molecule has 0 aliphatic heterocycles. The molecule has 0 saturated heterocycles. The smallest absolute Gasteiger partial charge is 0.148 e. The molecule has 261 valence electrons. The molecule has 7 rings (SSSR count). The van der Waals surface area contributed by atoms with Crippen molar-refractivity contribution < 1.29 is 16.5 Å². The first kappa shape index (κ1) is 39.2. The second kappa shape index (κ2) is 20.3. The van der Waals surface area contributed by atoms with Gasteiger partial charge in [-0.3, -0.25) is 0 Å². The molecule has 7 heteroatoms. The Bertz CT molecular complexity index is 1690. The van der Waals surface area contributed by atoms with Crippen molar-refractivity contribution in [2.45, 2.75) is 0 Å². The largest absolute Gasteiger partial charge is 0.197 e. The summed E-state index contributed by atoms with van der Waals surface area (Å²) in [7, 11) is -3.48. The first-order valence-corrected chi connectivity index (χ1v) is 22.8. The molecule has 7 aromatic carbocycles. The summed E-state index contributed by atoms with van der Waals surface area (Å²) in [6.45, 7) is 0. The van der Waals surface area contributed by atoms with Crippen molar-refractivity contribution in [2.24, 2.45) is 0 Å². The minimum Gasteiger partial charge on any atom is -0.197 e. The van der Waals surface area contributed by atoms with E-state index in [2.05, 4.69) is 212 Å². The van der Waals surface area contributed by atoms with Crippen molar-refractivity contribution in [3.05, 3.63) is 217 Å². The van der Waals surface area contributed by atoms with Gasteiger partial charge in [0.1, 0.15) is 11.7 Å². The number of rotatable bonds is 13. The predicted molar refractivity (Wildman–Crippen MR) is 233 cm³/mol. The molecule has 2 nitrogen and oxygen atoms in total. The maximum Gasteiger partial charge on any atom is 0.148 e. The molecule has 0 aromatic heterocycles. The molecular weight excluding hydrogens is 733 g/mol. The second-order valence-electron chi connectivity index (χ2n) is 13.1. The van der Waals surface area contributed by atoms with Crippen LogP contribution < -0.4 is 42.9 Å². The second-order valence-corrected chi connectivity index (χ2v) is 20.7. The Morgan fingerprint density at radius 2 is 0.481 bits per heavy atom. The van der Waals surface area contributed by atoms with E-state index in [1.165, 1.54) is 50.0 Å². The van der Waals surface area contributed by atoms with Crippen LogP contribution in [0, 0.1) is 4.91 Å². The average molecular weight is 777 g/mol. The number of hydrogen-bond donors (Lipinski definition) is 0. The van der Waals surface area contributed by atoms with Gasteiger partial charge in [0.05, 0.1) is 31.8 Å². The van der Waals surface area contributed by atoms with Gasteiger partial charge in [-0.15, -0.1) is 4.91 Å². The van der Waals surface area contributed by atoms with Crippen LogP contribution in [0.25, 0.3) is 0 Å². The average Bonchev–Trinajstić information content (AvgIpc) is 3.24. The Balaban J connectivity index is 0.00000171. The molecule has 0 bridgehead atoms. The quantitative estimate of drug-likeness (QED) is 0.0910. The molecule has 0 amide bonds. The Labute approximate surface area is 323 Å². The van der Waals surface area contributed by atoms with Crippen LogP contribution in [-0.4, -0.2) is 24.3 Å². The van der Waals surface area contributed by atoms with Gasteiger partial charge in [0.25, 0.3) is 0 Å². The van der Waals surface area contributed by atoms with Gasteiger partial charge >= 0.3 is 0 Å². The van der Waals surface area contributed by atoms with Gasteiger partial charge < -0.3 is 0 Å². The van der Waals surface area contributed by atoms with E-state index in [0.717, 1.165) is 0 Å². The standard InChI is InChI=1S/C45H41BP3.NO.Ni/c1-8-22-39(23-9-1)46(36-47(40-24-10-2-11-25-40)41-26-12-3-13-27-41,37-48(42-28-14-4-15-29-42)43-30-16-5-17-31-43)38-49(44-32-18-6-19-33-44)45-34-20-7-21-35-45;1-2;/h1-35H,36-38H2;;/q-1;;/p+3. The van der Waals surface area contributed by atoms with Crippen LogP contribution in [0.3, 0.4) is 0 Å². The van der Waals surface area contributed by atoms with Crippen molar-refractivity contribution in [1.29, 1.82) is 0 Å². The molecule has 0 spiro atoms. The van der Waals surface area contributed by atoms with Gasteiger partial charge in [0.15, 0.2) is 0 Å². The Morgan fingerprint density at radius 1 is 0.308 bits per heavy atom. The van der Waals surface area contributed by atoms with Crippen LogP contribution in [-0.2, 0) is 16.5 Å². The SMILES string of the molecule is [N]=O.[Ni].c1ccc([PH+](C[B-](C[PH+](c2ccccc2)c2ccccc2)(C[PH+](c2ccccc2)c2ccccc2)c2ccccc2)c2ccccc2)cc1. The van der Waals surface area contributed by atoms with Gasteiger partial charge in [0.2, 0.25) is 0 Å². The summed E-state index contributed by atoms with van der Waals surface area (Å²) in [6, 6.07) is 84.0. The number of hydrogen-bond acceptors (Lipinski definition) is 1. The molecule has 0 heterocycles. The van der Waals surface area contributed by atoms with E-state index in [0.29, 0.717) is 0 Å². The van der Waals surface area contributed by atoms with Crippen molar-refractivity contribution in [2.75, 3.05) is 18.2 Å². The zero-order valence-corrected chi connectivity index (χ0v) is 33.1. The van der Waals surface area contributed by atoms with Crippen LogP contribution in [0.1, 0.15) is 0 Å². The minimum absolute atomic E-state index is 0. The monoisotopic (exact) mass is 776 g/mol. The van der Waals surface area contributed by atoms with Gasteiger partial charge in [-0.25, -0.2) is 0 Å². The summed E-state index contributed by atoms with van der Waals surface area (Å²) in [5.41, 5.74) is 7.29. The van der Waals surface area contributed by atoms with Crippen molar-refractivity contribution in [3.63, 3.8) is 0 Å². The summed E-state index contributed by atoms with van der Waals surface area (Å²) < 4.78 is 0. The summed E-state index contributed by atoms with van der Waals surface area (Å²) in [4.78, 5) is 7.25. The minimum atomic E-state index is -1.16. The van der Waals surface area contributed by atoms with E-state index < -0.39 is 29.9 Å². The number of benzene rings is 7. The van der Waals surface area contributed by atoms with E-state index in [9.17, 15) is 0 Å².